The molecule has 0 fully saturated rings. The number of alkyl halides is 3. The van der Waals surface area contributed by atoms with Crippen LogP contribution in [0, 0.1) is 0 Å². The summed E-state index contributed by atoms with van der Waals surface area (Å²) in [6.45, 7) is 0.204. The van der Waals surface area contributed by atoms with Gasteiger partial charge in [-0.1, -0.05) is 59.1 Å². The van der Waals surface area contributed by atoms with Gasteiger partial charge in [0.2, 0.25) is 3.79 Å². The Morgan fingerprint density at radius 2 is 1.73 bits per heavy atom. The molecule has 0 aliphatic heterocycles. The van der Waals surface area contributed by atoms with Crippen molar-refractivity contribution in [1.82, 2.24) is 0 Å². The molecule has 0 aromatic heterocycles. The summed E-state index contributed by atoms with van der Waals surface area (Å²) in [6, 6.07) is 7.55. The zero-order valence-electron chi connectivity index (χ0n) is 8.22. The Kier molecular flexibility index (Phi) is 5.20. The van der Waals surface area contributed by atoms with Gasteiger partial charge in [-0.2, -0.15) is 0 Å². The number of rotatable bonds is 4. The van der Waals surface area contributed by atoms with Crippen molar-refractivity contribution in [3.63, 3.8) is 0 Å². The molecule has 0 heterocycles. The molecular weight excluding hydrogens is 254 g/mol. The molecule has 0 aliphatic carbocycles. The summed E-state index contributed by atoms with van der Waals surface area (Å²) in [7, 11) is 0. The lowest BCUT2D eigenvalue weighted by Gasteiger charge is -2.16. The smallest absolute Gasteiger partial charge is 0.216 e. The van der Waals surface area contributed by atoms with Crippen LogP contribution in [0.2, 0.25) is 0 Å². The summed E-state index contributed by atoms with van der Waals surface area (Å²) in [5.41, 5.74) is 1.76. The first-order valence-electron chi connectivity index (χ1n) is 4.81. The first kappa shape index (κ1) is 13.1. The molecule has 4 heteroatoms. The van der Waals surface area contributed by atoms with E-state index in [2.05, 4.69) is 0 Å². The first-order valence-corrected chi connectivity index (χ1v) is 5.95. The number of unbranched alkanes of at least 4 members (excludes halogenated alkanes) is 1. The number of halogens is 3. The third-order valence-corrected chi connectivity index (χ3v) is 2.79. The van der Waals surface area contributed by atoms with E-state index in [4.69, 9.17) is 39.9 Å². The van der Waals surface area contributed by atoms with Crippen LogP contribution in [0.5, 0.6) is 0 Å². The van der Waals surface area contributed by atoms with Crippen LogP contribution in [0.4, 0.5) is 0 Å². The van der Waals surface area contributed by atoms with Crippen molar-refractivity contribution in [2.75, 3.05) is 6.61 Å². The van der Waals surface area contributed by atoms with Crippen LogP contribution in [0.1, 0.15) is 24.0 Å². The Bertz CT molecular complexity index is 307. The number of benzene rings is 1. The fraction of sp³-hybridized carbons (Fsp3) is 0.455. The predicted octanol–water partition coefficient (Wildman–Crippen LogP) is 3.83. The van der Waals surface area contributed by atoms with Crippen LogP contribution < -0.4 is 0 Å². The molecule has 1 aromatic rings. The van der Waals surface area contributed by atoms with Crippen LogP contribution in [-0.2, 0) is 10.2 Å². The molecule has 0 spiro atoms. The quantitative estimate of drug-likeness (QED) is 0.649. The van der Waals surface area contributed by atoms with E-state index in [0.29, 0.717) is 0 Å². The molecule has 0 radical (unpaired) electrons. The zero-order valence-corrected chi connectivity index (χ0v) is 10.5. The molecule has 0 amide bonds. The summed E-state index contributed by atoms with van der Waals surface area (Å²) in [5.74, 6) is 0. The minimum atomic E-state index is -1.37. The van der Waals surface area contributed by atoms with Gasteiger partial charge in [0.05, 0.1) is 0 Å². The molecule has 1 nitrogen and oxygen atoms in total. The Morgan fingerprint density at radius 3 is 2.33 bits per heavy atom. The lowest BCUT2D eigenvalue weighted by atomic mass is 10.0. The van der Waals surface area contributed by atoms with E-state index in [1.54, 1.807) is 0 Å². The summed E-state index contributed by atoms with van der Waals surface area (Å²) >= 11 is 17.6. The predicted molar refractivity (Wildman–Crippen MR) is 65.7 cm³/mol. The lowest BCUT2D eigenvalue weighted by Crippen LogP contribution is -2.05. The Hall–Kier alpha value is 0.0500. The van der Waals surface area contributed by atoms with Gasteiger partial charge in [-0.3, -0.25) is 0 Å². The molecule has 0 saturated carbocycles. The number of aryl methyl sites for hydroxylation is 1. The van der Waals surface area contributed by atoms with Crippen molar-refractivity contribution in [2.24, 2.45) is 0 Å². The highest BCUT2D eigenvalue weighted by Crippen LogP contribution is 2.40. The minimum Gasteiger partial charge on any atom is -0.396 e. The van der Waals surface area contributed by atoms with Gasteiger partial charge < -0.3 is 5.11 Å². The van der Waals surface area contributed by atoms with E-state index in [-0.39, 0.29) is 6.61 Å². The second kappa shape index (κ2) is 5.95. The van der Waals surface area contributed by atoms with Crippen molar-refractivity contribution in [3.05, 3.63) is 35.4 Å². The van der Waals surface area contributed by atoms with Crippen molar-refractivity contribution in [1.29, 1.82) is 0 Å². The summed E-state index contributed by atoms with van der Waals surface area (Å²) in [6.07, 6.45) is 2.49. The van der Waals surface area contributed by atoms with Gasteiger partial charge >= 0.3 is 0 Å². The van der Waals surface area contributed by atoms with Gasteiger partial charge in [0, 0.05) is 12.2 Å². The van der Waals surface area contributed by atoms with Crippen LogP contribution in [0.25, 0.3) is 0 Å². The normalized spacial score (nSPS) is 11.7. The Morgan fingerprint density at radius 1 is 1.07 bits per heavy atom. The Labute approximate surface area is 105 Å². The maximum absolute atomic E-state index is 8.70. The second-order valence-corrected chi connectivity index (χ2v) is 5.62. The molecule has 1 N–H and O–H groups in total. The maximum Gasteiger partial charge on any atom is 0.216 e. The molecule has 0 unspecified atom stereocenters. The monoisotopic (exact) mass is 266 g/mol. The molecule has 0 atom stereocenters. The second-order valence-electron chi connectivity index (χ2n) is 3.34. The summed E-state index contributed by atoms with van der Waals surface area (Å²) in [4.78, 5) is 0. The molecule has 84 valence electrons. The van der Waals surface area contributed by atoms with Gasteiger partial charge in [0.25, 0.3) is 0 Å². The van der Waals surface area contributed by atoms with Crippen molar-refractivity contribution in [2.45, 2.75) is 23.1 Å². The number of aliphatic hydroxyl groups excluding tert-OH is 1. The number of hydrogen-bond acceptors (Lipinski definition) is 1. The van der Waals surface area contributed by atoms with Crippen molar-refractivity contribution < 1.29 is 5.11 Å². The first-order chi connectivity index (χ1) is 7.05. The molecule has 1 rings (SSSR count). The Balaban J connectivity index is 2.78. The minimum absolute atomic E-state index is 0.204. The van der Waals surface area contributed by atoms with Crippen LogP contribution in [0.15, 0.2) is 24.3 Å². The summed E-state index contributed by atoms with van der Waals surface area (Å²) in [5, 5.41) is 8.70. The van der Waals surface area contributed by atoms with E-state index < -0.39 is 3.79 Å². The average molecular weight is 268 g/mol. The molecule has 1 aromatic carbocycles. The standard InChI is InChI=1S/C11H13Cl3O/c12-11(13,14)10-7-2-1-5-9(10)6-3-4-8-15/h1-2,5,7,15H,3-4,6,8H2. The third-order valence-electron chi connectivity index (χ3n) is 2.18. The highest BCUT2D eigenvalue weighted by Gasteiger charge is 2.25. The molecule has 0 saturated heterocycles. The summed E-state index contributed by atoms with van der Waals surface area (Å²) < 4.78 is -1.37. The van der Waals surface area contributed by atoms with Gasteiger partial charge in [-0.25, -0.2) is 0 Å². The van der Waals surface area contributed by atoms with Gasteiger partial charge in [0.1, 0.15) is 0 Å². The van der Waals surface area contributed by atoms with Crippen LogP contribution >= 0.6 is 34.8 Å². The van der Waals surface area contributed by atoms with Crippen LogP contribution in [0.3, 0.4) is 0 Å². The van der Waals surface area contributed by atoms with Crippen molar-refractivity contribution >= 4 is 34.8 Å². The average Bonchev–Trinajstić information content (AvgIpc) is 2.17. The number of hydrogen-bond donors (Lipinski definition) is 1. The zero-order chi connectivity index (χ0) is 11.3. The molecular formula is C11H13Cl3O. The van der Waals surface area contributed by atoms with Gasteiger partial charge in [-0.05, 0) is 24.8 Å². The van der Waals surface area contributed by atoms with E-state index in [1.165, 1.54) is 0 Å². The van der Waals surface area contributed by atoms with E-state index in [1.807, 2.05) is 24.3 Å². The fourth-order valence-corrected chi connectivity index (χ4v) is 2.00. The van der Waals surface area contributed by atoms with E-state index >= 15 is 0 Å². The molecule has 0 aliphatic rings. The van der Waals surface area contributed by atoms with Gasteiger partial charge in [-0.15, -0.1) is 0 Å². The topological polar surface area (TPSA) is 20.2 Å². The van der Waals surface area contributed by atoms with Gasteiger partial charge in [0.15, 0.2) is 0 Å². The number of aliphatic hydroxyl groups is 1. The van der Waals surface area contributed by atoms with E-state index in [9.17, 15) is 0 Å². The maximum atomic E-state index is 8.70. The highest BCUT2D eigenvalue weighted by atomic mass is 35.6. The van der Waals surface area contributed by atoms with Crippen LogP contribution in [-0.4, -0.2) is 11.7 Å². The lowest BCUT2D eigenvalue weighted by molar-refractivity contribution is 0.284. The highest BCUT2D eigenvalue weighted by molar-refractivity contribution is 6.66. The molecule has 0 bridgehead atoms. The SMILES string of the molecule is OCCCCc1ccccc1C(Cl)(Cl)Cl. The van der Waals surface area contributed by atoms with E-state index in [0.717, 1.165) is 30.4 Å². The fourth-order valence-electron chi connectivity index (χ4n) is 1.44. The third kappa shape index (κ3) is 4.20. The van der Waals surface area contributed by atoms with Crippen molar-refractivity contribution in [3.8, 4) is 0 Å². The largest absolute Gasteiger partial charge is 0.396 e. The molecule has 15 heavy (non-hydrogen) atoms.